The zero-order valence-electron chi connectivity index (χ0n) is 6.85. The minimum atomic E-state index is -2.82. The molecule has 0 amide bonds. The van der Waals surface area contributed by atoms with E-state index in [0.29, 0.717) is 6.07 Å². The third kappa shape index (κ3) is 2.08. The van der Waals surface area contributed by atoms with Gasteiger partial charge in [-0.15, -0.1) is 0 Å². The molecule has 0 radical (unpaired) electrons. The van der Waals surface area contributed by atoms with E-state index in [0.717, 1.165) is 12.1 Å². The van der Waals surface area contributed by atoms with Crippen LogP contribution in [-0.2, 0) is 0 Å². The number of alkyl halides is 2. The van der Waals surface area contributed by atoms with Gasteiger partial charge in [0.05, 0.1) is 0 Å². The van der Waals surface area contributed by atoms with Crippen molar-refractivity contribution in [3.63, 3.8) is 0 Å². The minimum Gasteiger partial charge on any atom is -0.294 e. The van der Waals surface area contributed by atoms with Crippen molar-refractivity contribution in [3.05, 3.63) is 35.1 Å². The summed E-state index contributed by atoms with van der Waals surface area (Å²) >= 11 is 0. The van der Waals surface area contributed by atoms with Crippen molar-refractivity contribution in [2.75, 3.05) is 0 Å². The summed E-state index contributed by atoms with van der Waals surface area (Å²) in [5, 5.41) is 0. The van der Waals surface area contributed by atoms with Crippen LogP contribution in [0.2, 0.25) is 0 Å². The van der Waals surface area contributed by atoms with E-state index in [1.165, 1.54) is 6.92 Å². The Morgan fingerprint density at radius 3 is 2.46 bits per heavy atom. The summed E-state index contributed by atoms with van der Waals surface area (Å²) in [6.45, 7) is 1.17. The molecule has 0 aromatic heterocycles. The fourth-order valence-corrected chi connectivity index (χ4v) is 1.03. The Morgan fingerprint density at radius 2 is 2.00 bits per heavy atom. The van der Waals surface area contributed by atoms with E-state index >= 15 is 0 Å². The Kier molecular flexibility index (Phi) is 2.70. The largest absolute Gasteiger partial charge is 0.294 e. The first-order valence-corrected chi connectivity index (χ1v) is 3.61. The number of benzene rings is 1. The molecule has 0 heterocycles. The molecule has 0 bridgehead atoms. The lowest BCUT2D eigenvalue weighted by Gasteiger charge is -2.04. The molecule has 0 N–H and O–H groups in total. The molecule has 4 heteroatoms. The van der Waals surface area contributed by atoms with E-state index in [9.17, 15) is 18.0 Å². The highest BCUT2D eigenvalue weighted by Gasteiger charge is 2.16. The van der Waals surface area contributed by atoms with Gasteiger partial charge in [-0.1, -0.05) is 0 Å². The van der Waals surface area contributed by atoms with Gasteiger partial charge < -0.3 is 0 Å². The van der Waals surface area contributed by atoms with Crippen molar-refractivity contribution >= 4 is 5.78 Å². The first kappa shape index (κ1) is 9.77. The molecule has 1 nitrogen and oxygen atoms in total. The van der Waals surface area contributed by atoms with Gasteiger partial charge in [0.1, 0.15) is 5.82 Å². The summed E-state index contributed by atoms with van der Waals surface area (Å²) in [7, 11) is 0. The molecular weight excluding hydrogens is 181 g/mol. The van der Waals surface area contributed by atoms with Gasteiger partial charge in [0.15, 0.2) is 5.78 Å². The highest BCUT2D eigenvalue weighted by atomic mass is 19.3. The first-order valence-electron chi connectivity index (χ1n) is 3.61. The average Bonchev–Trinajstić information content (AvgIpc) is 2.03. The number of carbonyl (C=O) groups is 1. The standard InChI is InChI=1S/C9H7F3O/c1-5(13)7-3-2-6(10)4-8(7)9(11)12/h2-4,9H,1H3. The van der Waals surface area contributed by atoms with Crippen LogP contribution in [0.3, 0.4) is 0 Å². The van der Waals surface area contributed by atoms with E-state index in [1.807, 2.05) is 0 Å². The fourth-order valence-electron chi connectivity index (χ4n) is 1.03. The highest BCUT2D eigenvalue weighted by molar-refractivity contribution is 5.95. The second-order valence-corrected chi connectivity index (χ2v) is 2.59. The Balaban J connectivity index is 3.26. The fraction of sp³-hybridized carbons (Fsp3) is 0.222. The summed E-state index contributed by atoms with van der Waals surface area (Å²) in [5.74, 6) is -1.25. The van der Waals surface area contributed by atoms with Crippen molar-refractivity contribution in [1.29, 1.82) is 0 Å². The molecule has 70 valence electrons. The maximum absolute atomic E-state index is 12.5. The summed E-state index contributed by atoms with van der Waals surface area (Å²) < 4.78 is 37.0. The molecule has 0 saturated heterocycles. The van der Waals surface area contributed by atoms with Gasteiger partial charge >= 0.3 is 0 Å². The van der Waals surface area contributed by atoms with Crippen molar-refractivity contribution in [3.8, 4) is 0 Å². The van der Waals surface area contributed by atoms with Crippen molar-refractivity contribution in [2.45, 2.75) is 13.3 Å². The zero-order chi connectivity index (χ0) is 10.0. The molecule has 0 atom stereocenters. The molecule has 0 aliphatic rings. The highest BCUT2D eigenvalue weighted by Crippen LogP contribution is 2.24. The quantitative estimate of drug-likeness (QED) is 0.652. The summed E-state index contributed by atoms with van der Waals surface area (Å²) in [4.78, 5) is 10.8. The number of carbonyl (C=O) groups excluding carboxylic acids is 1. The van der Waals surface area contributed by atoms with Crippen LogP contribution in [0.25, 0.3) is 0 Å². The van der Waals surface area contributed by atoms with Crippen LogP contribution >= 0.6 is 0 Å². The molecule has 1 rings (SSSR count). The lowest BCUT2D eigenvalue weighted by Crippen LogP contribution is -2.00. The molecule has 0 saturated carbocycles. The van der Waals surface area contributed by atoms with Gasteiger partial charge in [-0.05, 0) is 25.1 Å². The number of hydrogen-bond donors (Lipinski definition) is 0. The molecule has 0 aliphatic carbocycles. The summed E-state index contributed by atoms with van der Waals surface area (Å²) in [6, 6.07) is 2.74. The van der Waals surface area contributed by atoms with Crippen LogP contribution in [0.5, 0.6) is 0 Å². The zero-order valence-corrected chi connectivity index (χ0v) is 6.85. The minimum absolute atomic E-state index is 0.128. The van der Waals surface area contributed by atoms with Gasteiger partial charge in [-0.25, -0.2) is 13.2 Å². The molecule has 0 aliphatic heterocycles. The predicted octanol–water partition coefficient (Wildman–Crippen LogP) is 2.97. The monoisotopic (exact) mass is 188 g/mol. The van der Waals surface area contributed by atoms with Crippen LogP contribution in [0.1, 0.15) is 29.3 Å². The maximum Gasteiger partial charge on any atom is 0.264 e. The van der Waals surface area contributed by atoms with Crippen LogP contribution in [0.15, 0.2) is 18.2 Å². The van der Waals surface area contributed by atoms with E-state index < -0.39 is 23.6 Å². The normalized spacial score (nSPS) is 10.5. The van der Waals surface area contributed by atoms with Gasteiger partial charge in [-0.2, -0.15) is 0 Å². The van der Waals surface area contributed by atoms with Gasteiger partial charge in [-0.3, -0.25) is 4.79 Å². The van der Waals surface area contributed by atoms with Crippen molar-refractivity contribution < 1.29 is 18.0 Å². The molecule has 13 heavy (non-hydrogen) atoms. The lowest BCUT2D eigenvalue weighted by atomic mass is 10.0. The number of ketones is 1. The molecule has 0 spiro atoms. The second kappa shape index (κ2) is 3.60. The summed E-state index contributed by atoms with van der Waals surface area (Å²) in [6.07, 6.45) is -2.82. The van der Waals surface area contributed by atoms with Crippen molar-refractivity contribution in [1.82, 2.24) is 0 Å². The summed E-state index contributed by atoms with van der Waals surface area (Å²) in [5.41, 5.74) is -0.677. The van der Waals surface area contributed by atoms with Crippen LogP contribution in [0, 0.1) is 5.82 Å². The number of hydrogen-bond acceptors (Lipinski definition) is 1. The molecular formula is C9H7F3O. The maximum atomic E-state index is 12.5. The topological polar surface area (TPSA) is 17.1 Å². The number of Topliss-reactive ketones (excluding diaryl/α,β-unsaturated/α-hetero) is 1. The van der Waals surface area contributed by atoms with Crippen LogP contribution < -0.4 is 0 Å². The Morgan fingerprint density at radius 1 is 1.38 bits per heavy atom. The van der Waals surface area contributed by atoms with Crippen LogP contribution in [0.4, 0.5) is 13.2 Å². The van der Waals surface area contributed by atoms with Crippen LogP contribution in [-0.4, -0.2) is 5.78 Å². The third-order valence-corrected chi connectivity index (χ3v) is 1.63. The number of halogens is 3. The molecule has 0 unspecified atom stereocenters. The molecule has 1 aromatic carbocycles. The second-order valence-electron chi connectivity index (χ2n) is 2.59. The smallest absolute Gasteiger partial charge is 0.264 e. The predicted molar refractivity (Wildman–Crippen MR) is 41.4 cm³/mol. The van der Waals surface area contributed by atoms with E-state index in [2.05, 4.69) is 0 Å². The van der Waals surface area contributed by atoms with E-state index in [1.54, 1.807) is 0 Å². The SMILES string of the molecule is CC(=O)c1ccc(F)cc1C(F)F. The third-order valence-electron chi connectivity index (χ3n) is 1.63. The van der Waals surface area contributed by atoms with E-state index in [4.69, 9.17) is 0 Å². The molecule has 0 fully saturated rings. The van der Waals surface area contributed by atoms with Crippen molar-refractivity contribution in [2.24, 2.45) is 0 Å². The first-order chi connectivity index (χ1) is 6.02. The lowest BCUT2D eigenvalue weighted by molar-refractivity contribution is 0.0998. The Labute approximate surface area is 73.2 Å². The van der Waals surface area contributed by atoms with E-state index in [-0.39, 0.29) is 5.56 Å². The Bertz CT molecular complexity index is 334. The number of rotatable bonds is 2. The van der Waals surface area contributed by atoms with Gasteiger partial charge in [0, 0.05) is 11.1 Å². The molecule has 1 aromatic rings. The average molecular weight is 188 g/mol. The van der Waals surface area contributed by atoms with Gasteiger partial charge in [0.2, 0.25) is 0 Å². The Hall–Kier alpha value is -1.32. The van der Waals surface area contributed by atoms with Gasteiger partial charge in [0.25, 0.3) is 6.43 Å².